The molecule has 0 unspecified atom stereocenters. The molecule has 2 heteroatoms. The second-order valence-corrected chi connectivity index (χ2v) is 13.4. The first-order valence-electron chi connectivity index (χ1n) is 16.0. The standard InChI is InChI=1S/C45H27NS/c1-2-8-31-25-33(18-15-28(31)7-1)36-22-21-34-26-32(19-20-35(34)27-36)29-13-16-30(17-14-29)44-43-39(37-9-3-5-11-41(37)46-44)23-24-40-38-10-4-6-12-42(38)47-45(40)43/h1-27H. The topological polar surface area (TPSA) is 12.9 Å². The third-order valence-electron chi connectivity index (χ3n) is 9.62. The summed E-state index contributed by atoms with van der Waals surface area (Å²) in [5, 5.41) is 11.3. The van der Waals surface area contributed by atoms with Crippen LogP contribution in [0, 0.1) is 0 Å². The van der Waals surface area contributed by atoms with Crippen LogP contribution in [0.4, 0.5) is 0 Å². The lowest BCUT2D eigenvalue weighted by Gasteiger charge is -2.12. The maximum Gasteiger partial charge on any atom is 0.0802 e. The van der Waals surface area contributed by atoms with Gasteiger partial charge < -0.3 is 0 Å². The van der Waals surface area contributed by atoms with Gasteiger partial charge in [-0.3, -0.25) is 0 Å². The average molecular weight is 614 g/mol. The van der Waals surface area contributed by atoms with Crippen LogP contribution in [-0.2, 0) is 0 Å². The molecule has 2 aromatic heterocycles. The van der Waals surface area contributed by atoms with Crippen molar-refractivity contribution in [3.05, 3.63) is 164 Å². The number of fused-ring (bicyclic) bond motifs is 9. The number of hydrogen-bond acceptors (Lipinski definition) is 2. The maximum atomic E-state index is 5.29. The summed E-state index contributed by atoms with van der Waals surface area (Å²) in [5.41, 5.74) is 8.10. The molecular weight excluding hydrogens is 587 g/mol. The predicted octanol–water partition coefficient (Wildman–Crippen LogP) is 13.1. The van der Waals surface area contributed by atoms with E-state index in [1.54, 1.807) is 0 Å². The summed E-state index contributed by atoms with van der Waals surface area (Å²) in [7, 11) is 0. The summed E-state index contributed by atoms with van der Waals surface area (Å²) >= 11 is 1.87. The zero-order chi connectivity index (χ0) is 30.9. The van der Waals surface area contributed by atoms with Crippen molar-refractivity contribution in [2.24, 2.45) is 0 Å². The summed E-state index contributed by atoms with van der Waals surface area (Å²) in [6.45, 7) is 0. The minimum Gasteiger partial charge on any atom is -0.247 e. The Kier molecular flexibility index (Phi) is 5.81. The molecule has 0 aliphatic rings. The van der Waals surface area contributed by atoms with Crippen molar-refractivity contribution in [1.29, 1.82) is 0 Å². The van der Waals surface area contributed by atoms with Gasteiger partial charge in [0.05, 0.1) is 11.2 Å². The Labute approximate surface area is 276 Å². The van der Waals surface area contributed by atoms with Crippen LogP contribution in [0.1, 0.15) is 0 Å². The number of nitrogens with zero attached hydrogens (tertiary/aromatic N) is 1. The summed E-state index contributed by atoms with van der Waals surface area (Å²) in [6, 6.07) is 59.6. The van der Waals surface area contributed by atoms with Gasteiger partial charge in [-0.1, -0.05) is 133 Å². The van der Waals surface area contributed by atoms with Gasteiger partial charge in [-0.05, 0) is 79.5 Å². The van der Waals surface area contributed by atoms with Gasteiger partial charge in [0.25, 0.3) is 0 Å². The zero-order valence-electron chi connectivity index (χ0n) is 25.4. The van der Waals surface area contributed by atoms with Gasteiger partial charge in [0, 0.05) is 36.5 Å². The second-order valence-electron chi connectivity index (χ2n) is 12.4. The van der Waals surface area contributed by atoms with Crippen molar-refractivity contribution in [2.45, 2.75) is 0 Å². The van der Waals surface area contributed by atoms with Crippen molar-refractivity contribution < 1.29 is 0 Å². The number of aromatic nitrogens is 1. The van der Waals surface area contributed by atoms with Crippen LogP contribution >= 0.6 is 11.3 Å². The van der Waals surface area contributed by atoms with E-state index in [1.165, 1.54) is 80.1 Å². The smallest absolute Gasteiger partial charge is 0.0802 e. The van der Waals surface area contributed by atoms with Gasteiger partial charge in [0.1, 0.15) is 0 Å². The van der Waals surface area contributed by atoms with E-state index in [4.69, 9.17) is 4.98 Å². The summed E-state index contributed by atoms with van der Waals surface area (Å²) < 4.78 is 2.61. The minimum absolute atomic E-state index is 1.03. The van der Waals surface area contributed by atoms with Gasteiger partial charge in [-0.25, -0.2) is 4.98 Å². The van der Waals surface area contributed by atoms with Crippen LogP contribution < -0.4 is 0 Å². The molecule has 0 bridgehead atoms. The quantitative estimate of drug-likeness (QED) is 0.181. The number of para-hydroxylation sites is 1. The third kappa shape index (κ3) is 4.26. The Balaban J connectivity index is 1.06. The fourth-order valence-corrected chi connectivity index (χ4v) is 8.48. The van der Waals surface area contributed by atoms with Gasteiger partial charge in [-0.15, -0.1) is 11.3 Å². The van der Waals surface area contributed by atoms with E-state index >= 15 is 0 Å². The lowest BCUT2D eigenvalue weighted by molar-refractivity contribution is 1.43. The highest BCUT2D eigenvalue weighted by Crippen LogP contribution is 2.43. The number of hydrogen-bond donors (Lipinski definition) is 0. The maximum absolute atomic E-state index is 5.29. The molecular formula is C45H27NS. The monoisotopic (exact) mass is 613 g/mol. The first kappa shape index (κ1) is 26.4. The fraction of sp³-hybridized carbons (Fsp3) is 0. The van der Waals surface area contributed by atoms with E-state index < -0.39 is 0 Å². The lowest BCUT2D eigenvalue weighted by Crippen LogP contribution is -1.90. The first-order valence-corrected chi connectivity index (χ1v) is 16.9. The highest BCUT2D eigenvalue weighted by atomic mass is 32.1. The van der Waals surface area contributed by atoms with Crippen LogP contribution in [0.15, 0.2) is 164 Å². The van der Waals surface area contributed by atoms with E-state index in [0.717, 1.165) is 16.8 Å². The highest BCUT2D eigenvalue weighted by molar-refractivity contribution is 7.26. The molecule has 0 spiro atoms. The van der Waals surface area contributed by atoms with Crippen LogP contribution in [0.3, 0.4) is 0 Å². The Bertz CT molecular complexity index is 2840. The van der Waals surface area contributed by atoms with Gasteiger partial charge in [-0.2, -0.15) is 0 Å². The van der Waals surface area contributed by atoms with Crippen LogP contribution in [0.5, 0.6) is 0 Å². The normalized spacial score (nSPS) is 11.8. The molecule has 218 valence electrons. The number of rotatable bonds is 3. The van der Waals surface area contributed by atoms with Gasteiger partial charge >= 0.3 is 0 Å². The fourth-order valence-electron chi connectivity index (χ4n) is 7.23. The summed E-state index contributed by atoms with van der Waals surface area (Å²) in [4.78, 5) is 5.29. The molecule has 10 rings (SSSR count). The molecule has 47 heavy (non-hydrogen) atoms. The molecule has 0 saturated carbocycles. The second kappa shape index (κ2) is 10.3. The molecule has 8 aromatic carbocycles. The van der Waals surface area contributed by atoms with Crippen LogP contribution in [0.2, 0.25) is 0 Å². The Morgan fingerprint density at radius 2 is 0.894 bits per heavy atom. The average Bonchev–Trinajstić information content (AvgIpc) is 3.53. The molecule has 0 aliphatic heterocycles. The number of pyridine rings is 1. The Morgan fingerprint density at radius 3 is 1.66 bits per heavy atom. The molecule has 0 radical (unpaired) electrons. The zero-order valence-corrected chi connectivity index (χ0v) is 26.3. The Hall–Kier alpha value is -5.83. The van der Waals surface area contributed by atoms with Crippen molar-refractivity contribution in [2.75, 3.05) is 0 Å². The largest absolute Gasteiger partial charge is 0.247 e. The van der Waals surface area contributed by atoms with Crippen molar-refractivity contribution in [1.82, 2.24) is 4.98 Å². The summed E-state index contributed by atoms with van der Waals surface area (Å²) in [6.07, 6.45) is 0. The Morgan fingerprint density at radius 1 is 0.362 bits per heavy atom. The van der Waals surface area contributed by atoms with E-state index in [1.807, 2.05) is 11.3 Å². The number of thiophene rings is 1. The predicted molar refractivity (Wildman–Crippen MR) is 203 cm³/mol. The van der Waals surface area contributed by atoms with E-state index in [9.17, 15) is 0 Å². The van der Waals surface area contributed by atoms with E-state index in [0.29, 0.717) is 0 Å². The van der Waals surface area contributed by atoms with Gasteiger partial charge in [0.15, 0.2) is 0 Å². The molecule has 0 fully saturated rings. The van der Waals surface area contributed by atoms with E-state index in [2.05, 4.69) is 164 Å². The minimum atomic E-state index is 1.03. The third-order valence-corrected chi connectivity index (χ3v) is 10.8. The molecule has 1 nitrogen and oxygen atoms in total. The van der Waals surface area contributed by atoms with Crippen molar-refractivity contribution in [3.8, 4) is 33.5 Å². The molecule has 0 atom stereocenters. The molecule has 0 saturated heterocycles. The molecule has 0 amide bonds. The molecule has 0 N–H and O–H groups in total. The van der Waals surface area contributed by atoms with Crippen LogP contribution in [0.25, 0.3) is 96.9 Å². The van der Waals surface area contributed by atoms with E-state index in [-0.39, 0.29) is 0 Å². The van der Waals surface area contributed by atoms with Gasteiger partial charge in [0.2, 0.25) is 0 Å². The summed E-state index contributed by atoms with van der Waals surface area (Å²) in [5.74, 6) is 0. The highest BCUT2D eigenvalue weighted by Gasteiger charge is 2.16. The van der Waals surface area contributed by atoms with Crippen molar-refractivity contribution in [3.63, 3.8) is 0 Å². The SMILES string of the molecule is c1ccc2cc(-c3ccc4cc(-c5ccc(-c6nc7ccccc7c7ccc8c9ccccc9sc8c67)cc5)ccc4c3)ccc2c1. The molecule has 0 aliphatic carbocycles. The molecule has 2 heterocycles. The van der Waals surface area contributed by atoms with Crippen LogP contribution in [-0.4, -0.2) is 4.98 Å². The lowest BCUT2D eigenvalue weighted by atomic mass is 9.95. The number of benzene rings is 8. The molecule has 10 aromatic rings. The first-order chi connectivity index (χ1) is 23.3. The van der Waals surface area contributed by atoms with Crippen molar-refractivity contribution >= 4 is 74.7 Å².